The van der Waals surface area contributed by atoms with E-state index in [-0.39, 0.29) is 6.10 Å². The average Bonchev–Trinajstić information content (AvgIpc) is 2.43. The quantitative estimate of drug-likeness (QED) is 0.695. The van der Waals surface area contributed by atoms with Gasteiger partial charge in [-0.2, -0.15) is 0 Å². The lowest BCUT2D eigenvalue weighted by Crippen LogP contribution is -2.49. The Morgan fingerprint density at radius 1 is 1.25 bits per heavy atom. The molecule has 3 heteroatoms. The molecule has 0 saturated heterocycles. The molecular weight excluding hydrogens is 250 g/mol. The first kappa shape index (κ1) is 17.9. The molecule has 3 atom stereocenters. The van der Waals surface area contributed by atoms with E-state index >= 15 is 0 Å². The standard InChI is InChI=1S/C17H35NO2/c1-6-17(2,3)15-10-9-14(19)13-16(15)18(4)11-7-8-12-20-5/h14-16,19H,6-13H2,1-5H3. The zero-order chi connectivity index (χ0) is 15.2. The Kier molecular flexibility index (Phi) is 7.49. The van der Waals surface area contributed by atoms with Gasteiger partial charge in [0.1, 0.15) is 0 Å². The van der Waals surface area contributed by atoms with Crippen LogP contribution in [-0.2, 0) is 4.74 Å². The second-order valence-corrected chi connectivity index (χ2v) is 7.16. The Bertz CT molecular complexity index is 268. The number of rotatable bonds is 8. The molecular formula is C17H35NO2. The smallest absolute Gasteiger partial charge is 0.0555 e. The van der Waals surface area contributed by atoms with E-state index in [0.717, 1.165) is 38.8 Å². The van der Waals surface area contributed by atoms with Crippen LogP contribution in [0.4, 0.5) is 0 Å². The van der Waals surface area contributed by atoms with Crippen molar-refractivity contribution in [3.63, 3.8) is 0 Å². The maximum absolute atomic E-state index is 10.0. The molecule has 1 aliphatic carbocycles. The van der Waals surface area contributed by atoms with Crippen LogP contribution in [0.2, 0.25) is 0 Å². The fraction of sp³-hybridized carbons (Fsp3) is 1.00. The first-order chi connectivity index (χ1) is 9.42. The summed E-state index contributed by atoms with van der Waals surface area (Å²) in [5.41, 5.74) is 0.367. The number of aliphatic hydroxyl groups excluding tert-OH is 1. The molecule has 3 nitrogen and oxygen atoms in total. The molecule has 3 unspecified atom stereocenters. The van der Waals surface area contributed by atoms with Crippen molar-refractivity contribution in [2.45, 2.75) is 71.4 Å². The molecule has 1 fully saturated rings. The van der Waals surface area contributed by atoms with Gasteiger partial charge in [-0.05, 0) is 57.0 Å². The second kappa shape index (κ2) is 8.35. The van der Waals surface area contributed by atoms with E-state index in [1.165, 1.54) is 12.8 Å². The summed E-state index contributed by atoms with van der Waals surface area (Å²) in [5.74, 6) is 0.698. The monoisotopic (exact) mass is 285 g/mol. The van der Waals surface area contributed by atoms with E-state index in [1.807, 2.05) is 0 Å². The maximum Gasteiger partial charge on any atom is 0.0555 e. The summed E-state index contributed by atoms with van der Waals surface area (Å²) < 4.78 is 5.12. The summed E-state index contributed by atoms with van der Waals surface area (Å²) in [6.45, 7) is 9.03. The number of methoxy groups -OCH3 is 1. The van der Waals surface area contributed by atoms with Gasteiger partial charge in [-0.1, -0.05) is 27.2 Å². The molecule has 0 aromatic carbocycles. The van der Waals surface area contributed by atoms with Crippen LogP contribution in [0.5, 0.6) is 0 Å². The van der Waals surface area contributed by atoms with Crippen LogP contribution in [0.3, 0.4) is 0 Å². The van der Waals surface area contributed by atoms with Crippen molar-refractivity contribution < 1.29 is 9.84 Å². The summed E-state index contributed by atoms with van der Waals surface area (Å²) in [4.78, 5) is 2.49. The van der Waals surface area contributed by atoms with Gasteiger partial charge in [0.05, 0.1) is 6.10 Å². The van der Waals surface area contributed by atoms with Gasteiger partial charge in [-0.25, -0.2) is 0 Å². The fourth-order valence-corrected chi connectivity index (χ4v) is 3.56. The van der Waals surface area contributed by atoms with Gasteiger partial charge >= 0.3 is 0 Å². The van der Waals surface area contributed by atoms with Crippen molar-refractivity contribution in [2.75, 3.05) is 27.3 Å². The highest BCUT2D eigenvalue weighted by atomic mass is 16.5. The first-order valence-corrected chi connectivity index (χ1v) is 8.29. The van der Waals surface area contributed by atoms with Crippen LogP contribution in [0.1, 0.15) is 59.3 Å². The number of aliphatic hydroxyl groups is 1. The number of hydrogen-bond acceptors (Lipinski definition) is 3. The highest BCUT2D eigenvalue weighted by molar-refractivity contribution is 4.92. The van der Waals surface area contributed by atoms with Gasteiger partial charge in [0.2, 0.25) is 0 Å². The Morgan fingerprint density at radius 3 is 2.55 bits per heavy atom. The van der Waals surface area contributed by atoms with Crippen molar-refractivity contribution in [3.05, 3.63) is 0 Å². The van der Waals surface area contributed by atoms with Crippen molar-refractivity contribution >= 4 is 0 Å². The zero-order valence-corrected chi connectivity index (χ0v) is 14.2. The third kappa shape index (κ3) is 5.01. The third-order valence-electron chi connectivity index (χ3n) is 5.38. The highest BCUT2D eigenvalue weighted by Gasteiger charge is 2.40. The Balaban J connectivity index is 2.60. The van der Waals surface area contributed by atoms with E-state index in [0.29, 0.717) is 17.4 Å². The van der Waals surface area contributed by atoms with Gasteiger partial charge in [0, 0.05) is 19.8 Å². The molecule has 1 aliphatic rings. The van der Waals surface area contributed by atoms with Gasteiger partial charge in [0.25, 0.3) is 0 Å². The predicted molar refractivity (Wildman–Crippen MR) is 84.9 cm³/mol. The maximum atomic E-state index is 10.0. The summed E-state index contributed by atoms with van der Waals surface area (Å²) >= 11 is 0. The summed E-state index contributed by atoms with van der Waals surface area (Å²) in [7, 11) is 4.00. The molecule has 0 radical (unpaired) electrons. The molecule has 0 heterocycles. The molecule has 1 saturated carbocycles. The summed E-state index contributed by atoms with van der Waals surface area (Å²) in [5, 5.41) is 10.0. The highest BCUT2D eigenvalue weighted by Crippen LogP contribution is 2.42. The first-order valence-electron chi connectivity index (χ1n) is 8.29. The SMILES string of the molecule is CCC(C)(C)C1CCC(O)CC1N(C)CCCCOC. The van der Waals surface area contributed by atoms with Gasteiger partial charge in [-0.15, -0.1) is 0 Å². The topological polar surface area (TPSA) is 32.7 Å². The van der Waals surface area contributed by atoms with Crippen molar-refractivity contribution in [2.24, 2.45) is 11.3 Å². The van der Waals surface area contributed by atoms with E-state index < -0.39 is 0 Å². The number of ether oxygens (including phenoxy) is 1. The average molecular weight is 285 g/mol. The molecule has 0 aromatic heterocycles. The van der Waals surface area contributed by atoms with Crippen LogP contribution in [0.15, 0.2) is 0 Å². The van der Waals surface area contributed by atoms with Gasteiger partial charge in [0.15, 0.2) is 0 Å². The minimum absolute atomic E-state index is 0.106. The van der Waals surface area contributed by atoms with Gasteiger partial charge < -0.3 is 14.7 Å². The van der Waals surface area contributed by atoms with Crippen molar-refractivity contribution in [3.8, 4) is 0 Å². The van der Waals surface area contributed by atoms with E-state index in [1.54, 1.807) is 7.11 Å². The van der Waals surface area contributed by atoms with Gasteiger partial charge in [-0.3, -0.25) is 0 Å². The normalized spacial score (nSPS) is 28.1. The molecule has 0 bridgehead atoms. The molecule has 0 aromatic rings. The number of hydrogen-bond donors (Lipinski definition) is 1. The number of nitrogens with zero attached hydrogens (tertiary/aromatic N) is 1. The summed E-state index contributed by atoms with van der Waals surface area (Å²) in [6.07, 6.45) is 6.48. The molecule has 0 spiro atoms. The lowest BCUT2D eigenvalue weighted by Gasteiger charge is -2.47. The van der Waals surface area contributed by atoms with Crippen LogP contribution in [0, 0.1) is 11.3 Å². The molecule has 120 valence electrons. The molecule has 20 heavy (non-hydrogen) atoms. The van der Waals surface area contributed by atoms with Crippen LogP contribution in [-0.4, -0.2) is 49.5 Å². The van der Waals surface area contributed by atoms with Crippen LogP contribution < -0.4 is 0 Å². The number of unbranched alkanes of at least 4 members (excludes halogenated alkanes) is 1. The predicted octanol–water partition coefficient (Wildman–Crippen LogP) is 3.31. The van der Waals surface area contributed by atoms with Crippen molar-refractivity contribution in [1.29, 1.82) is 0 Å². The van der Waals surface area contributed by atoms with Crippen molar-refractivity contribution in [1.82, 2.24) is 4.90 Å². The second-order valence-electron chi connectivity index (χ2n) is 7.16. The Morgan fingerprint density at radius 2 is 1.95 bits per heavy atom. The van der Waals surface area contributed by atoms with Crippen LogP contribution >= 0.6 is 0 Å². The minimum Gasteiger partial charge on any atom is -0.393 e. The van der Waals surface area contributed by atoms with E-state index in [9.17, 15) is 5.11 Å². The van der Waals surface area contributed by atoms with Crippen LogP contribution in [0.25, 0.3) is 0 Å². The Hall–Kier alpha value is -0.120. The Labute approximate surface area is 125 Å². The largest absolute Gasteiger partial charge is 0.393 e. The van der Waals surface area contributed by atoms with E-state index in [2.05, 4.69) is 32.7 Å². The lowest BCUT2D eigenvalue weighted by molar-refractivity contribution is -0.00994. The minimum atomic E-state index is -0.106. The molecule has 1 N–H and O–H groups in total. The summed E-state index contributed by atoms with van der Waals surface area (Å²) in [6, 6.07) is 0.524. The third-order valence-corrected chi connectivity index (χ3v) is 5.38. The molecule has 0 amide bonds. The fourth-order valence-electron chi connectivity index (χ4n) is 3.56. The van der Waals surface area contributed by atoms with E-state index in [4.69, 9.17) is 4.74 Å². The molecule has 1 rings (SSSR count). The zero-order valence-electron chi connectivity index (χ0n) is 14.2. The lowest BCUT2D eigenvalue weighted by atomic mass is 9.66. The molecule has 0 aliphatic heterocycles.